The van der Waals surface area contributed by atoms with Crippen molar-refractivity contribution >= 4 is 16.6 Å². The van der Waals surface area contributed by atoms with Crippen LogP contribution in [0.4, 0.5) is 5.69 Å². The van der Waals surface area contributed by atoms with E-state index in [2.05, 4.69) is 66.6 Å². The third-order valence-electron chi connectivity index (χ3n) is 6.47. The molecule has 0 aliphatic carbocycles. The van der Waals surface area contributed by atoms with Crippen molar-refractivity contribution in [3.8, 4) is 33.9 Å². The maximum Gasteiger partial charge on any atom is 0.161 e. The predicted molar refractivity (Wildman–Crippen MR) is 133 cm³/mol. The summed E-state index contributed by atoms with van der Waals surface area (Å²) in [5, 5.41) is 4.83. The zero-order chi connectivity index (χ0) is 22.2. The van der Waals surface area contributed by atoms with Gasteiger partial charge >= 0.3 is 0 Å². The number of nitrogens with one attached hydrogen (secondary N) is 2. The van der Waals surface area contributed by atoms with E-state index in [4.69, 9.17) is 9.47 Å². The first-order valence-electron chi connectivity index (χ1n) is 11.3. The molecular formula is C28H30N2O2. The summed E-state index contributed by atoms with van der Waals surface area (Å²) in [7, 11) is 3.34. The Morgan fingerprint density at radius 3 is 2.34 bits per heavy atom. The highest BCUT2D eigenvalue weighted by Gasteiger charge is 2.18. The van der Waals surface area contributed by atoms with Crippen LogP contribution < -0.4 is 14.8 Å². The number of aromatic nitrogens is 1. The lowest BCUT2D eigenvalue weighted by Crippen LogP contribution is -2.11. The number of methoxy groups -OCH3 is 2. The summed E-state index contributed by atoms with van der Waals surface area (Å²) in [5.74, 6) is 1.84. The molecule has 1 aliphatic heterocycles. The van der Waals surface area contributed by atoms with E-state index in [-0.39, 0.29) is 0 Å². The number of H-pyrrole nitrogens is 1. The molecule has 0 atom stereocenters. The van der Waals surface area contributed by atoms with Gasteiger partial charge in [0.1, 0.15) is 0 Å². The van der Waals surface area contributed by atoms with Gasteiger partial charge in [0.2, 0.25) is 0 Å². The van der Waals surface area contributed by atoms with E-state index < -0.39 is 0 Å². The summed E-state index contributed by atoms with van der Waals surface area (Å²) in [4.78, 5) is 3.67. The molecule has 0 spiro atoms. The lowest BCUT2D eigenvalue weighted by Gasteiger charge is -2.19. The van der Waals surface area contributed by atoms with Gasteiger partial charge in [-0.2, -0.15) is 0 Å². The molecule has 2 N–H and O–H groups in total. The van der Waals surface area contributed by atoms with Crippen LogP contribution in [0.3, 0.4) is 0 Å². The number of anilines is 1. The van der Waals surface area contributed by atoms with Crippen LogP contribution in [0.2, 0.25) is 0 Å². The molecular weight excluding hydrogens is 396 g/mol. The summed E-state index contributed by atoms with van der Waals surface area (Å²) < 4.78 is 11.0. The van der Waals surface area contributed by atoms with Crippen molar-refractivity contribution in [1.82, 2.24) is 4.98 Å². The van der Waals surface area contributed by atoms with Crippen LogP contribution in [0.25, 0.3) is 33.3 Å². The highest BCUT2D eigenvalue weighted by molar-refractivity contribution is 5.94. The SMILES string of the molecule is COc1ccc(-c2[nH]c3ccc(-c4ccc5c(c4)NCCC5)cc3c2C(C)C)cc1OC. The van der Waals surface area contributed by atoms with Gasteiger partial charge in [-0.1, -0.05) is 32.0 Å². The van der Waals surface area contributed by atoms with Gasteiger partial charge in [-0.25, -0.2) is 0 Å². The largest absolute Gasteiger partial charge is 0.493 e. The number of fused-ring (bicyclic) bond motifs is 2. The van der Waals surface area contributed by atoms with E-state index >= 15 is 0 Å². The smallest absolute Gasteiger partial charge is 0.161 e. The van der Waals surface area contributed by atoms with Crippen LogP contribution in [-0.2, 0) is 6.42 Å². The Kier molecular flexibility index (Phi) is 5.30. The first-order valence-corrected chi connectivity index (χ1v) is 11.3. The molecule has 0 saturated heterocycles. The molecule has 0 bridgehead atoms. The zero-order valence-corrected chi connectivity index (χ0v) is 19.2. The average molecular weight is 427 g/mol. The molecule has 2 heterocycles. The fourth-order valence-corrected chi connectivity index (χ4v) is 4.85. The van der Waals surface area contributed by atoms with E-state index in [1.807, 2.05) is 12.1 Å². The van der Waals surface area contributed by atoms with E-state index in [0.29, 0.717) is 5.92 Å². The number of rotatable bonds is 5. The van der Waals surface area contributed by atoms with Crippen molar-refractivity contribution in [2.75, 3.05) is 26.1 Å². The summed E-state index contributed by atoms with van der Waals surface area (Å²) in [6, 6.07) is 19.7. The van der Waals surface area contributed by atoms with Gasteiger partial charge in [0.25, 0.3) is 0 Å². The Bertz CT molecular complexity index is 1290. The molecule has 4 aromatic rings. The third kappa shape index (κ3) is 3.50. The van der Waals surface area contributed by atoms with Gasteiger partial charge < -0.3 is 19.8 Å². The van der Waals surface area contributed by atoms with Gasteiger partial charge in [-0.3, -0.25) is 0 Å². The van der Waals surface area contributed by atoms with Crippen LogP contribution in [-0.4, -0.2) is 25.7 Å². The Morgan fingerprint density at radius 2 is 1.56 bits per heavy atom. The molecule has 4 nitrogen and oxygen atoms in total. The molecule has 0 amide bonds. The number of aromatic amines is 1. The average Bonchev–Trinajstić information content (AvgIpc) is 3.22. The molecule has 32 heavy (non-hydrogen) atoms. The Balaban J connectivity index is 1.64. The topological polar surface area (TPSA) is 46.3 Å². The van der Waals surface area contributed by atoms with E-state index in [0.717, 1.165) is 41.2 Å². The normalized spacial score (nSPS) is 13.2. The molecule has 3 aromatic carbocycles. The molecule has 0 saturated carbocycles. The van der Waals surface area contributed by atoms with Crippen molar-refractivity contribution < 1.29 is 9.47 Å². The fraction of sp³-hybridized carbons (Fsp3) is 0.286. The van der Waals surface area contributed by atoms with Crippen molar-refractivity contribution in [2.24, 2.45) is 0 Å². The Hall–Kier alpha value is -3.40. The minimum absolute atomic E-state index is 0.368. The number of aryl methyl sites for hydroxylation is 1. The maximum atomic E-state index is 5.55. The number of hydrogen-bond donors (Lipinski definition) is 2. The number of ether oxygens (including phenoxy) is 2. The van der Waals surface area contributed by atoms with Crippen molar-refractivity contribution in [1.29, 1.82) is 0 Å². The second-order valence-corrected chi connectivity index (χ2v) is 8.80. The molecule has 0 unspecified atom stereocenters. The zero-order valence-electron chi connectivity index (χ0n) is 19.2. The second kappa shape index (κ2) is 8.27. The molecule has 0 fully saturated rings. The minimum atomic E-state index is 0.368. The van der Waals surface area contributed by atoms with E-state index in [1.54, 1.807) is 14.2 Å². The highest BCUT2D eigenvalue weighted by Crippen LogP contribution is 2.40. The van der Waals surface area contributed by atoms with Gasteiger partial charge in [0.05, 0.1) is 19.9 Å². The van der Waals surface area contributed by atoms with E-state index in [1.165, 1.54) is 39.7 Å². The van der Waals surface area contributed by atoms with Crippen LogP contribution in [0, 0.1) is 0 Å². The van der Waals surface area contributed by atoms with Crippen molar-refractivity contribution in [3.63, 3.8) is 0 Å². The Morgan fingerprint density at radius 1 is 0.812 bits per heavy atom. The van der Waals surface area contributed by atoms with Crippen LogP contribution in [0.1, 0.15) is 37.3 Å². The minimum Gasteiger partial charge on any atom is -0.493 e. The molecule has 1 aliphatic rings. The second-order valence-electron chi connectivity index (χ2n) is 8.80. The van der Waals surface area contributed by atoms with Crippen LogP contribution in [0.5, 0.6) is 11.5 Å². The monoisotopic (exact) mass is 426 g/mol. The molecule has 4 heteroatoms. The van der Waals surface area contributed by atoms with E-state index in [9.17, 15) is 0 Å². The van der Waals surface area contributed by atoms with Crippen molar-refractivity contribution in [3.05, 3.63) is 65.7 Å². The highest BCUT2D eigenvalue weighted by atomic mass is 16.5. The quantitative estimate of drug-likeness (QED) is 0.361. The summed E-state index contributed by atoms with van der Waals surface area (Å²) >= 11 is 0. The number of benzene rings is 3. The maximum absolute atomic E-state index is 5.55. The Labute approximate surface area is 189 Å². The van der Waals surface area contributed by atoms with Gasteiger partial charge in [-0.05, 0) is 77.4 Å². The van der Waals surface area contributed by atoms with Crippen LogP contribution in [0.15, 0.2) is 54.6 Å². The van der Waals surface area contributed by atoms with Gasteiger partial charge in [-0.15, -0.1) is 0 Å². The third-order valence-corrected chi connectivity index (χ3v) is 6.47. The first kappa shape index (κ1) is 20.5. The summed E-state index contributed by atoms with van der Waals surface area (Å²) in [6.45, 7) is 5.56. The predicted octanol–water partition coefficient (Wildman–Crippen LogP) is 7.00. The molecule has 164 valence electrons. The van der Waals surface area contributed by atoms with Crippen LogP contribution >= 0.6 is 0 Å². The van der Waals surface area contributed by atoms with Gasteiger partial charge in [0.15, 0.2) is 11.5 Å². The molecule has 5 rings (SSSR count). The lowest BCUT2D eigenvalue weighted by molar-refractivity contribution is 0.355. The first-order chi connectivity index (χ1) is 15.6. The lowest BCUT2D eigenvalue weighted by atomic mass is 9.93. The fourth-order valence-electron chi connectivity index (χ4n) is 4.85. The standard InChI is InChI=1S/C28H30N2O2/c1-17(2)27-22-14-19(20-8-7-18-6-5-13-29-24(18)15-20)9-11-23(22)30-28(27)21-10-12-25(31-3)26(16-21)32-4/h7-12,14-17,29-30H,5-6,13H2,1-4H3. The summed E-state index contributed by atoms with van der Waals surface area (Å²) in [5.41, 5.74) is 9.90. The molecule has 0 radical (unpaired) electrons. The van der Waals surface area contributed by atoms with Crippen molar-refractivity contribution in [2.45, 2.75) is 32.6 Å². The van der Waals surface area contributed by atoms with Gasteiger partial charge in [0, 0.05) is 28.7 Å². The summed E-state index contributed by atoms with van der Waals surface area (Å²) in [6.07, 6.45) is 2.37. The number of hydrogen-bond acceptors (Lipinski definition) is 3. The molecule has 1 aromatic heterocycles.